The van der Waals surface area contributed by atoms with Gasteiger partial charge in [-0.3, -0.25) is 9.48 Å². The van der Waals surface area contributed by atoms with E-state index >= 15 is 0 Å². The number of hydrogen-bond acceptors (Lipinski definition) is 3. The van der Waals surface area contributed by atoms with Gasteiger partial charge in [0.1, 0.15) is 0 Å². The van der Waals surface area contributed by atoms with Gasteiger partial charge >= 0.3 is 0 Å². The Bertz CT molecular complexity index is 563. The lowest BCUT2D eigenvalue weighted by Crippen LogP contribution is -2.05. The fourth-order valence-electron chi connectivity index (χ4n) is 1.58. The zero-order chi connectivity index (χ0) is 12.4. The molecule has 0 saturated heterocycles. The lowest BCUT2D eigenvalue weighted by atomic mass is 10.1. The van der Waals surface area contributed by atoms with Crippen LogP contribution in [-0.4, -0.2) is 20.8 Å². The maximum absolute atomic E-state index is 12.0. The molecule has 0 unspecified atom stereocenters. The van der Waals surface area contributed by atoms with Crippen LogP contribution < -0.4 is 0 Å². The van der Waals surface area contributed by atoms with Crippen molar-refractivity contribution >= 4 is 21.7 Å². The summed E-state index contributed by atoms with van der Waals surface area (Å²) in [6.07, 6.45) is 2.02. The van der Waals surface area contributed by atoms with E-state index in [1.807, 2.05) is 25.1 Å². The third-order valence-electron chi connectivity index (χ3n) is 2.42. The van der Waals surface area contributed by atoms with E-state index in [-0.39, 0.29) is 12.2 Å². The monoisotopic (exact) mass is 293 g/mol. The first-order valence-corrected chi connectivity index (χ1v) is 6.00. The van der Waals surface area contributed by atoms with E-state index < -0.39 is 0 Å². The molecule has 17 heavy (non-hydrogen) atoms. The Morgan fingerprint density at radius 1 is 1.47 bits per heavy atom. The number of aryl methyl sites for hydroxylation is 2. The Morgan fingerprint density at radius 2 is 2.24 bits per heavy atom. The molecule has 5 heteroatoms. The van der Waals surface area contributed by atoms with Crippen molar-refractivity contribution in [3.05, 3.63) is 45.7 Å². The van der Waals surface area contributed by atoms with Crippen LogP contribution in [0.4, 0.5) is 0 Å². The summed E-state index contributed by atoms with van der Waals surface area (Å²) in [5.41, 5.74) is 2.49. The molecule has 0 aliphatic rings. The van der Waals surface area contributed by atoms with Crippen LogP contribution in [0, 0.1) is 6.92 Å². The average molecular weight is 294 g/mol. The Balaban J connectivity index is 2.20. The highest BCUT2D eigenvalue weighted by atomic mass is 79.9. The molecule has 0 bridgehead atoms. The molecular weight excluding hydrogens is 282 g/mol. The van der Waals surface area contributed by atoms with Crippen LogP contribution in [0.15, 0.2) is 28.9 Å². The van der Waals surface area contributed by atoms with Gasteiger partial charge in [-0.15, -0.1) is 5.10 Å². The molecule has 88 valence electrons. The van der Waals surface area contributed by atoms with Crippen molar-refractivity contribution in [2.75, 3.05) is 0 Å². The summed E-state index contributed by atoms with van der Waals surface area (Å²) >= 11 is 3.40. The number of carbonyl (C=O) groups is 1. The zero-order valence-electron chi connectivity index (χ0n) is 9.64. The summed E-state index contributed by atoms with van der Waals surface area (Å²) in [6.45, 7) is 1.99. The van der Waals surface area contributed by atoms with Gasteiger partial charge in [-0.25, -0.2) is 0 Å². The van der Waals surface area contributed by atoms with Crippen molar-refractivity contribution < 1.29 is 4.79 Å². The molecular formula is C12H12BrN3O. The molecule has 0 atom stereocenters. The summed E-state index contributed by atoms with van der Waals surface area (Å²) in [4.78, 5) is 12.0. The second kappa shape index (κ2) is 4.79. The number of nitrogens with zero attached hydrogens (tertiary/aromatic N) is 3. The SMILES string of the molecule is Cc1ccc(C(=O)Cc2cn(C)nn2)c(Br)c1. The van der Waals surface area contributed by atoms with Crippen LogP contribution >= 0.6 is 15.9 Å². The highest BCUT2D eigenvalue weighted by molar-refractivity contribution is 9.10. The fourth-order valence-corrected chi connectivity index (χ4v) is 2.30. The number of halogens is 1. The van der Waals surface area contributed by atoms with Gasteiger partial charge in [0.2, 0.25) is 0 Å². The first-order chi connectivity index (χ1) is 8.06. The van der Waals surface area contributed by atoms with Gasteiger partial charge in [-0.05, 0) is 24.6 Å². The van der Waals surface area contributed by atoms with E-state index in [2.05, 4.69) is 26.2 Å². The van der Waals surface area contributed by atoms with Gasteiger partial charge in [0.25, 0.3) is 0 Å². The van der Waals surface area contributed by atoms with Gasteiger partial charge in [0.05, 0.1) is 12.1 Å². The van der Waals surface area contributed by atoms with E-state index in [4.69, 9.17) is 0 Å². The maximum atomic E-state index is 12.0. The van der Waals surface area contributed by atoms with E-state index in [9.17, 15) is 4.79 Å². The van der Waals surface area contributed by atoms with Crippen LogP contribution in [-0.2, 0) is 13.5 Å². The summed E-state index contributed by atoms with van der Waals surface area (Å²) < 4.78 is 2.42. The third-order valence-corrected chi connectivity index (χ3v) is 3.07. The summed E-state index contributed by atoms with van der Waals surface area (Å²) in [5, 5.41) is 7.71. The lowest BCUT2D eigenvalue weighted by Gasteiger charge is -2.03. The summed E-state index contributed by atoms with van der Waals surface area (Å²) in [7, 11) is 1.78. The summed E-state index contributed by atoms with van der Waals surface area (Å²) in [6, 6.07) is 5.69. The van der Waals surface area contributed by atoms with Crippen molar-refractivity contribution in [1.82, 2.24) is 15.0 Å². The van der Waals surface area contributed by atoms with Crippen molar-refractivity contribution in [2.45, 2.75) is 13.3 Å². The van der Waals surface area contributed by atoms with Crippen LogP contribution in [0.25, 0.3) is 0 Å². The number of carbonyl (C=O) groups excluding carboxylic acids is 1. The minimum absolute atomic E-state index is 0.0392. The molecule has 0 N–H and O–H groups in total. The molecule has 4 nitrogen and oxygen atoms in total. The topological polar surface area (TPSA) is 47.8 Å². The Kier molecular flexibility index (Phi) is 3.38. The molecule has 1 heterocycles. The Hall–Kier alpha value is -1.49. The molecule has 0 saturated carbocycles. The van der Waals surface area contributed by atoms with E-state index in [0.717, 1.165) is 10.0 Å². The smallest absolute Gasteiger partial charge is 0.170 e. The number of ketones is 1. The second-order valence-corrected chi connectivity index (χ2v) is 4.82. The van der Waals surface area contributed by atoms with Gasteiger partial charge in [-0.2, -0.15) is 0 Å². The predicted molar refractivity (Wildman–Crippen MR) is 67.9 cm³/mol. The van der Waals surface area contributed by atoms with Crippen molar-refractivity contribution in [2.24, 2.45) is 7.05 Å². The highest BCUT2D eigenvalue weighted by Gasteiger charge is 2.12. The fraction of sp³-hybridized carbons (Fsp3) is 0.250. The van der Waals surface area contributed by atoms with Gasteiger partial charge in [0.15, 0.2) is 5.78 Å². The number of benzene rings is 1. The molecule has 0 spiro atoms. The minimum Gasteiger partial charge on any atom is -0.294 e. The second-order valence-electron chi connectivity index (χ2n) is 3.97. The van der Waals surface area contributed by atoms with Gasteiger partial charge in [-0.1, -0.05) is 27.2 Å². The van der Waals surface area contributed by atoms with Crippen molar-refractivity contribution in [3.8, 4) is 0 Å². The molecule has 2 aromatic rings. The molecule has 0 radical (unpaired) electrons. The molecule has 0 aliphatic carbocycles. The van der Waals surface area contributed by atoms with Crippen LogP contribution in [0.2, 0.25) is 0 Å². The van der Waals surface area contributed by atoms with E-state index in [1.54, 1.807) is 17.9 Å². The molecule has 0 fully saturated rings. The average Bonchev–Trinajstić information content (AvgIpc) is 2.63. The lowest BCUT2D eigenvalue weighted by molar-refractivity contribution is 0.0991. The van der Waals surface area contributed by atoms with Crippen LogP contribution in [0.1, 0.15) is 21.6 Å². The maximum Gasteiger partial charge on any atom is 0.170 e. The number of hydrogen-bond donors (Lipinski definition) is 0. The molecule has 2 rings (SSSR count). The van der Waals surface area contributed by atoms with E-state index in [1.165, 1.54) is 0 Å². The van der Waals surface area contributed by atoms with E-state index in [0.29, 0.717) is 11.3 Å². The Labute approximate surface area is 108 Å². The van der Waals surface area contributed by atoms with Crippen molar-refractivity contribution in [1.29, 1.82) is 0 Å². The third kappa shape index (κ3) is 2.79. The number of Topliss-reactive ketones (excluding diaryl/α,β-unsaturated/α-hetero) is 1. The zero-order valence-corrected chi connectivity index (χ0v) is 11.2. The quantitative estimate of drug-likeness (QED) is 0.816. The number of rotatable bonds is 3. The first kappa shape index (κ1) is 12.0. The summed E-state index contributed by atoms with van der Waals surface area (Å²) in [5.74, 6) is 0.0392. The largest absolute Gasteiger partial charge is 0.294 e. The molecule has 1 aromatic heterocycles. The van der Waals surface area contributed by atoms with Gasteiger partial charge < -0.3 is 0 Å². The van der Waals surface area contributed by atoms with Crippen LogP contribution in [0.3, 0.4) is 0 Å². The van der Waals surface area contributed by atoms with Gasteiger partial charge in [0, 0.05) is 23.3 Å². The molecule has 0 amide bonds. The standard InChI is InChI=1S/C12H12BrN3O/c1-8-3-4-10(11(13)5-8)12(17)6-9-7-16(2)15-14-9/h3-5,7H,6H2,1-2H3. The van der Waals surface area contributed by atoms with Crippen molar-refractivity contribution in [3.63, 3.8) is 0 Å². The molecule has 1 aromatic carbocycles. The normalized spacial score (nSPS) is 10.5. The minimum atomic E-state index is 0.0392. The molecule has 0 aliphatic heterocycles. The first-order valence-electron chi connectivity index (χ1n) is 5.21. The Morgan fingerprint density at radius 3 is 2.82 bits per heavy atom. The van der Waals surface area contributed by atoms with Crippen LogP contribution in [0.5, 0.6) is 0 Å². The predicted octanol–water partition coefficient (Wildman–Crippen LogP) is 2.31. The highest BCUT2D eigenvalue weighted by Crippen LogP contribution is 2.19. The number of aromatic nitrogens is 3.